The first-order valence-electron chi connectivity index (χ1n) is 9.28. The molecule has 13 heteroatoms. The summed E-state index contributed by atoms with van der Waals surface area (Å²) in [6.07, 6.45) is -5.17. The third-order valence-corrected chi connectivity index (χ3v) is 5.44. The summed E-state index contributed by atoms with van der Waals surface area (Å²) in [5.74, 6) is 5.23. The Labute approximate surface area is 189 Å². The Morgan fingerprint density at radius 3 is 2.32 bits per heavy atom. The number of fused-ring (bicyclic) bond motifs is 1. The van der Waals surface area contributed by atoms with E-state index >= 15 is 0 Å². The Morgan fingerprint density at radius 1 is 1.00 bits per heavy atom. The molecule has 0 saturated carbocycles. The molecule has 0 radical (unpaired) electrons. The summed E-state index contributed by atoms with van der Waals surface area (Å²) in [4.78, 5) is 7.70. The highest BCUT2D eigenvalue weighted by molar-refractivity contribution is 7.89. The van der Waals surface area contributed by atoms with Crippen LogP contribution < -0.4 is 5.14 Å². The van der Waals surface area contributed by atoms with Crippen molar-refractivity contribution in [2.45, 2.75) is 17.5 Å². The molecule has 34 heavy (non-hydrogen) atoms. The Balaban J connectivity index is 1.75. The topological polar surface area (TPSA) is 103 Å². The van der Waals surface area contributed by atoms with Crippen LogP contribution in [0.5, 0.6) is 0 Å². The van der Waals surface area contributed by atoms with E-state index in [9.17, 15) is 30.4 Å². The van der Waals surface area contributed by atoms with Crippen LogP contribution in [-0.2, 0) is 16.2 Å². The summed E-state index contributed by atoms with van der Waals surface area (Å²) in [5.41, 5.74) is -0.956. The Hall–Kier alpha value is -3.89. The van der Waals surface area contributed by atoms with E-state index in [1.807, 2.05) is 0 Å². The molecule has 0 fully saturated rings. The fraction of sp³-hybridized carbons (Fsp3) is 0.0952. The average Bonchev–Trinajstić information content (AvgIpc) is 3.19. The zero-order valence-electron chi connectivity index (χ0n) is 16.8. The summed E-state index contributed by atoms with van der Waals surface area (Å²) in [6.45, 7) is 0. The van der Waals surface area contributed by atoms with Gasteiger partial charge in [0.1, 0.15) is 16.3 Å². The second-order valence-electron chi connectivity index (χ2n) is 6.95. The van der Waals surface area contributed by atoms with Crippen LogP contribution in [0.25, 0.3) is 16.9 Å². The van der Waals surface area contributed by atoms with Crippen molar-refractivity contribution in [2.24, 2.45) is 5.14 Å². The smallest absolute Gasteiger partial charge is 0.262 e. The van der Waals surface area contributed by atoms with Crippen LogP contribution in [0, 0.1) is 11.8 Å². The molecule has 0 aliphatic rings. The average molecular weight is 493 g/mol. The van der Waals surface area contributed by atoms with E-state index in [-0.39, 0.29) is 33.1 Å². The Kier molecular flexibility index (Phi) is 5.80. The minimum absolute atomic E-state index is 0.00610. The molecule has 1 aromatic carbocycles. The maximum atomic E-state index is 13.7. The van der Waals surface area contributed by atoms with E-state index < -0.39 is 33.9 Å². The maximum Gasteiger partial charge on any atom is 0.416 e. The molecule has 3 heterocycles. The highest BCUT2D eigenvalue weighted by Crippen LogP contribution is 2.31. The molecule has 4 aromatic rings. The number of sulfonamides is 1. The quantitative estimate of drug-likeness (QED) is 0.346. The number of hydrogen-bond acceptors (Lipinski definition) is 5. The van der Waals surface area contributed by atoms with Gasteiger partial charge in [-0.2, -0.15) is 18.3 Å². The first-order valence-corrected chi connectivity index (χ1v) is 10.8. The van der Waals surface area contributed by atoms with Crippen LogP contribution in [0.2, 0.25) is 0 Å². The van der Waals surface area contributed by atoms with Gasteiger partial charge in [0.15, 0.2) is 5.65 Å². The SMILES string of the molecule is NS(=O)(=O)c1cncc(C#Cc2cc3nc(-c4ccc(C(F)(F)F)cc4)cc(C(F)F)n3n2)c1. The lowest BCUT2D eigenvalue weighted by Gasteiger charge is -2.09. The van der Waals surface area contributed by atoms with Crippen molar-refractivity contribution < 1.29 is 30.4 Å². The van der Waals surface area contributed by atoms with Gasteiger partial charge in [-0.15, -0.1) is 0 Å². The van der Waals surface area contributed by atoms with Crippen molar-refractivity contribution in [3.05, 3.63) is 77.4 Å². The van der Waals surface area contributed by atoms with Crippen molar-refractivity contribution in [2.75, 3.05) is 0 Å². The second kappa shape index (κ2) is 8.47. The van der Waals surface area contributed by atoms with E-state index in [1.54, 1.807) is 0 Å². The predicted molar refractivity (Wildman–Crippen MR) is 110 cm³/mol. The number of benzene rings is 1. The van der Waals surface area contributed by atoms with Crippen LogP contribution in [-0.4, -0.2) is 28.0 Å². The van der Waals surface area contributed by atoms with E-state index in [0.29, 0.717) is 0 Å². The third-order valence-electron chi connectivity index (χ3n) is 4.56. The zero-order chi connectivity index (χ0) is 24.7. The van der Waals surface area contributed by atoms with E-state index in [4.69, 9.17) is 5.14 Å². The molecular weight excluding hydrogens is 481 g/mol. The lowest BCUT2D eigenvalue weighted by atomic mass is 10.1. The molecule has 0 spiro atoms. The van der Waals surface area contributed by atoms with E-state index in [0.717, 1.165) is 41.0 Å². The molecule has 174 valence electrons. The molecule has 0 saturated heterocycles. The highest BCUT2D eigenvalue weighted by atomic mass is 32.2. The molecule has 3 aromatic heterocycles. The highest BCUT2D eigenvalue weighted by Gasteiger charge is 2.30. The number of pyridine rings is 1. The monoisotopic (exact) mass is 493 g/mol. The Bertz CT molecular complexity index is 1550. The molecular formula is C21H12F5N5O2S. The summed E-state index contributed by atoms with van der Waals surface area (Å²) in [6, 6.07) is 7.48. The fourth-order valence-electron chi connectivity index (χ4n) is 2.97. The van der Waals surface area contributed by atoms with Crippen LogP contribution in [0.15, 0.2) is 59.8 Å². The van der Waals surface area contributed by atoms with Crippen LogP contribution >= 0.6 is 0 Å². The minimum atomic E-state index is -4.54. The number of nitrogens with two attached hydrogens (primary N) is 1. The summed E-state index contributed by atoms with van der Waals surface area (Å²) < 4.78 is 89.5. The molecule has 0 bridgehead atoms. The molecule has 7 nitrogen and oxygen atoms in total. The first kappa shape index (κ1) is 23.3. The Morgan fingerprint density at radius 2 is 1.71 bits per heavy atom. The molecule has 0 atom stereocenters. The molecule has 0 aliphatic heterocycles. The molecule has 2 N–H and O–H groups in total. The summed E-state index contributed by atoms with van der Waals surface area (Å²) in [7, 11) is -3.99. The van der Waals surface area contributed by atoms with Gasteiger partial charge in [-0.25, -0.2) is 31.8 Å². The number of aromatic nitrogens is 4. The largest absolute Gasteiger partial charge is 0.416 e. The number of rotatable bonds is 3. The van der Waals surface area contributed by atoms with Crippen LogP contribution in [0.4, 0.5) is 22.0 Å². The van der Waals surface area contributed by atoms with Gasteiger partial charge >= 0.3 is 6.18 Å². The van der Waals surface area contributed by atoms with Gasteiger partial charge < -0.3 is 0 Å². The maximum absolute atomic E-state index is 13.7. The number of hydrogen-bond donors (Lipinski definition) is 1. The lowest BCUT2D eigenvalue weighted by molar-refractivity contribution is -0.137. The van der Waals surface area contributed by atoms with Crippen molar-refractivity contribution in [3.8, 4) is 23.1 Å². The number of nitrogens with zero attached hydrogens (tertiary/aromatic N) is 4. The number of alkyl halides is 5. The predicted octanol–water partition coefficient (Wildman–Crippen LogP) is 3.79. The van der Waals surface area contributed by atoms with Gasteiger partial charge in [-0.1, -0.05) is 18.1 Å². The van der Waals surface area contributed by atoms with Gasteiger partial charge in [0, 0.05) is 29.6 Å². The van der Waals surface area contributed by atoms with Crippen molar-refractivity contribution >= 4 is 15.7 Å². The van der Waals surface area contributed by atoms with Gasteiger partial charge in [0.25, 0.3) is 6.43 Å². The van der Waals surface area contributed by atoms with E-state index in [2.05, 4.69) is 26.9 Å². The number of halogens is 5. The second-order valence-corrected chi connectivity index (χ2v) is 8.51. The summed E-state index contributed by atoms with van der Waals surface area (Å²) in [5, 5.41) is 9.04. The normalized spacial score (nSPS) is 12.1. The zero-order valence-corrected chi connectivity index (χ0v) is 17.6. The molecule has 0 aliphatic carbocycles. The molecule has 4 rings (SSSR count). The van der Waals surface area contributed by atoms with Gasteiger partial charge in [-0.05, 0) is 30.2 Å². The fourth-order valence-corrected chi connectivity index (χ4v) is 3.47. The van der Waals surface area contributed by atoms with Crippen molar-refractivity contribution in [3.63, 3.8) is 0 Å². The summed E-state index contributed by atoms with van der Waals surface area (Å²) >= 11 is 0. The van der Waals surface area contributed by atoms with Crippen molar-refractivity contribution in [1.29, 1.82) is 0 Å². The van der Waals surface area contributed by atoms with Crippen molar-refractivity contribution in [1.82, 2.24) is 19.6 Å². The molecule has 0 unspecified atom stereocenters. The van der Waals surface area contributed by atoms with Crippen LogP contribution in [0.1, 0.15) is 28.9 Å². The standard InChI is InChI=1S/C21H12F5N5O2S/c22-20(23)18-9-17(13-2-4-14(5-3-13)21(24,25)26)29-19-8-15(30-31(18)19)6-1-12-7-16(11-28-10-12)34(27,32)33/h2-5,7-11,20H,(H2,27,32,33). The van der Waals surface area contributed by atoms with Gasteiger partial charge in [0.05, 0.1) is 11.3 Å². The molecule has 0 amide bonds. The third kappa shape index (κ3) is 4.87. The number of primary sulfonamides is 1. The van der Waals surface area contributed by atoms with E-state index in [1.165, 1.54) is 18.3 Å². The minimum Gasteiger partial charge on any atom is -0.262 e. The first-order chi connectivity index (χ1) is 15.9. The van der Waals surface area contributed by atoms with Crippen LogP contribution in [0.3, 0.4) is 0 Å². The lowest BCUT2D eigenvalue weighted by Crippen LogP contribution is -2.12. The van der Waals surface area contributed by atoms with Gasteiger partial charge in [0.2, 0.25) is 10.0 Å². The van der Waals surface area contributed by atoms with Gasteiger partial charge in [-0.3, -0.25) is 4.98 Å².